The average Bonchev–Trinajstić information content (AvgIpc) is 3.35. The fourth-order valence-corrected chi connectivity index (χ4v) is 6.35. The van der Waals surface area contributed by atoms with Gasteiger partial charge in [0, 0.05) is 31.1 Å². The van der Waals surface area contributed by atoms with Gasteiger partial charge in [0.2, 0.25) is 0 Å². The predicted molar refractivity (Wildman–Crippen MR) is 199 cm³/mol. The highest BCUT2D eigenvalue weighted by molar-refractivity contribution is 7.46. The van der Waals surface area contributed by atoms with E-state index >= 15 is 0 Å². The average molecular weight is 743 g/mol. The lowest BCUT2D eigenvalue weighted by Crippen LogP contribution is -2.29. The first-order valence-electron chi connectivity index (χ1n) is 19.4. The van der Waals surface area contributed by atoms with Crippen LogP contribution in [0.5, 0.6) is 0 Å². The molecule has 11 nitrogen and oxygen atoms in total. The van der Waals surface area contributed by atoms with Crippen LogP contribution in [-0.2, 0) is 32.9 Å². The number of hydrogen-bond donors (Lipinski definition) is 4. The summed E-state index contributed by atoms with van der Waals surface area (Å²) < 4.78 is 26.3. The molecule has 0 amide bonds. The van der Waals surface area contributed by atoms with Gasteiger partial charge in [-0.3, -0.25) is 18.9 Å². The zero-order chi connectivity index (χ0) is 37.7. The number of rotatable bonds is 31. The Morgan fingerprint density at radius 3 is 2.08 bits per heavy atom. The molecule has 1 aliphatic rings. The minimum Gasteiger partial charge on any atom is -0.462 e. The minimum absolute atomic E-state index is 0.00829. The zero-order valence-electron chi connectivity index (χ0n) is 31.2. The molecule has 0 spiro atoms. The van der Waals surface area contributed by atoms with Crippen molar-refractivity contribution in [2.45, 2.75) is 167 Å². The molecule has 0 bridgehead atoms. The Labute approximate surface area is 306 Å². The molecule has 0 aromatic carbocycles. The number of unbranched alkanes of at least 4 members (excludes halogenated alkanes) is 12. The van der Waals surface area contributed by atoms with Crippen molar-refractivity contribution in [1.82, 2.24) is 0 Å². The first kappa shape index (κ1) is 46.9. The van der Waals surface area contributed by atoms with Gasteiger partial charge in [0.15, 0.2) is 6.10 Å². The zero-order valence-corrected chi connectivity index (χ0v) is 32.1. The number of aliphatic hydroxyl groups is 2. The van der Waals surface area contributed by atoms with Crippen molar-refractivity contribution in [2.75, 3.05) is 13.2 Å². The van der Waals surface area contributed by atoms with Crippen molar-refractivity contribution < 1.29 is 52.9 Å². The number of phosphoric ester groups is 1. The summed E-state index contributed by atoms with van der Waals surface area (Å²) in [6, 6.07) is 0. The molecule has 1 rings (SSSR count). The number of carbonyl (C=O) groups excluding carboxylic acids is 3. The van der Waals surface area contributed by atoms with Crippen LogP contribution in [-0.4, -0.2) is 69.2 Å². The van der Waals surface area contributed by atoms with Crippen molar-refractivity contribution in [3.05, 3.63) is 36.5 Å². The molecule has 0 radical (unpaired) electrons. The van der Waals surface area contributed by atoms with E-state index in [1.807, 2.05) is 12.2 Å². The minimum atomic E-state index is -4.82. The summed E-state index contributed by atoms with van der Waals surface area (Å²) in [7, 11) is -4.82. The molecular formula is C39H67O11P. The molecular weight excluding hydrogens is 675 g/mol. The number of phosphoric acid groups is 1. The molecule has 0 unspecified atom stereocenters. The molecule has 5 atom stereocenters. The Kier molecular flexibility index (Phi) is 27.0. The Morgan fingerprint density at radius 2 is 1.39 bits per heavy atom. The fourth-order valence-electron chi connectivity index (χ4n) is 5.99. The Balaban J connectivity index is 2.35. The predicted octanol–water partition coefficient (Wildman–Crippen LogP) is 7.99. The molecule has 1 saturated carbocycles. The molecule has 0 aromatic rings. The van der Waals surface area contributed by atoms with E-state index in [1.54, 1.807) is 12.2 Å². The van der Waals surface area contributed by atoms with Crippen molar-refractivity contribution in [3.63, 3.8) is 0 Å². The van der Waals surface area contributed by atoms with Gasteiger partial charge >= 0.3 is 19.8 Å². The lowest BCUT2D eigenvalue weighted by atomic mass is 9.90. The first-order valence-corrected chi connectivity index (χ1v) is 20.9. The van der Waals surface area contributed by atoms with Crippen LogP contribution in [0.3, 0.4) is 0 Å². The standard InChI is InChI=1S/C39H67O11P/c1-3-5-7-8-9-10-11-12-13-14-15-16-22-26-39(44)50-33(31-49-51(45,46)47)30-48-38(43)25-21-18-17-20-24-34-35(37(42)29-36(34)41)28-27-32(40)23-19-6-4-2/h10-11,17,20,27-28,32-35,37,40,42H,3-9,12-16,18-19,21-26,29-31H2,1-2H3,(H2,45,46,47)/b11-10-,20-17-,28-27+/t32-,33+,34+,35+,37+/m0/s1. The van der Waals surface area contributed by atoms with Crippen LogP contribution in [0.25, 0.3) is 0 Å². The monoisotopic (exact) mass is 742 g/mol. The largest absolute Gasteiger partial charge is 0.469 e. The lowest BCUT2D eigenvalue weighted by Gasteiger charge is -2.18. The third-order valence-electron chi connectivity index (χ3n) is 9.00. The summed E-state index contributed by atoms with van der Waals surface area (Å²) in [4.78, 5) is 55.4. The molecule has 4 N–H and O–H groups in total. The van der Waals surface area contributed by atoms with Gasteiger partial charge in [0.1, 0.15) is 12.4 Å². The third-order valence-corrected chi connectivity index (χ3v) is 9.49. The van der Waals surface area contributed by atoms with Crippen LogP contribution in [0.1, 0.15) is 149 Å². The van der Waals surface area contributed by atoms with E-state index in [2.05, 4.69) is 30.5 Å². The van der Waals surface area contributed by atoms with Gasteiger partial charge in [-0.2, -0.15) is 0 Å². The molecule has 12 heteroatoms. The molecule has 0 heterocycles. The number of Topliss-reactive ketones (excluding diaryl/α,β-unsaturated/α-hetero) is 1. The molecule has 1 aliphatic carbocycles. The summed E-state index contributed by atoms with van der Waals surface area (Å²) in [5, 5.41) is 20.6. The smallest absolute Gasteiger partial charge is 0.462 e. The fraction of sp³-hybridized carbons (Fsp3) is 0.769. The van der Waals surface area contributed by atoms with Gasteiger partial charge in [0.05, 0.1) is 18.8 Å². The van der Waals surface area contributed by atoms with Crippen LogP contribution < -0.4 is 0 Å². The lowest BCUT2D eigenvalue weighted by molar-refractivity contribution is -0.161. The maximum atomic E-state index is 12.5. The van der Waals surface area contributed by atoms with Crippen LogP contribution >= 0.6 is 7.82 Å². The maximum absolute atomic E-state index is 12.5. The Bertz CT molecular complexity index is 1080. The second kappa shape index (κ2) is 29.3. The number of ether oxygens (including phenoxy) is 2. The quantitative estimate of drug-likeness (QED) is 0.0234. The van der Waals surface area contributed by atoms with E-state index in [0.717, 1.165) is 57.8 Å². The van der Waals surface area contributed by atoms with Gasteiger partial charge in [-0.15, -0.1) is 0 Å². The molecule has 0 aliphatic heterocycles. The number of allylic oxidation sites excluding steroid dienone is 4. The summed E-state index contributed by atoms with van der Waals surface area (Å²) in [5.41, 5.74) is 0. The first-order chi connectivity index (χ1) is 24.5. The van der Waals surface area contributed by atoms with Crippen molar-refractivity contribution in [1.29, 1.82) is 0 Å². The number of ketones is 1. The number of carbonyl (C=O) groups is 3. The van der Waals surface area contributed by atoms with Crippen LogP contribution in [0.2, 0.25) is 0 Å². The van der Waals surface area contributed by atoms with Gasteiger partial charge in [0.25, 0.3) is 0 Å². The SMILES string of the molecule is CCCCCC/C=C\CCCCCCCC(=O)O[C@H](COC(=O)CCC/C=C\C[C@H]1C(=O)C[C@@H](O)[C@@H]1/C=C/[C@@H](O)CCCCC)COP(=O)(O)O. The molecule has 51 heavy (non-hydrogen) atoms. The van der Waals surface area contributed by atoms with E-state index < -0.39 is 44.7 Å². The van der Waals surface area contributed by atoms with E-state index in [0.29, 0.717) is 32.1 Å². The van der Waals surface area contributed by atoms with E-state index in [1.165, 1.54) is 25.7 Å². The molecule has 0 aromatic heterocycles. The number of hydrogen-bond acceptors (Lipinski definition) is 9. The van der Waals surface area contributed by atoms with Gasteiger partial charge in [-0.1, -0.05) is 108 Å². The number of aliphatic hydroxyl groups excluding tert-OH is 2. The summed E-state index contributed by atoms with van der Waals surface area (Å²) in [6.07, 6.45) is 26.6. The van der Waals surface area contributed by atoms with Crippen LogP contribution in [0.15, 0.2) is 36.5 Å². The van der Waals surface area contributed by atoms with Crippen LogP contribution in [0, 0.1) is 11.8 Å². The highest BCUT2D eigenvalue weighted by Crippen LogP contribution is 2.36. The maximum Gasteiger partial charge on any atom is 0.469 e. The van der Waals surface area contributed by atoms with Gasteiger partial charge < -0.3 is 29.5 Å². The summed E-state index contributed by atoms with van der Waals surface area (Å²) in [6.45, 7) is 3.31. The molecule has 0 saturated heterocycles. The van der Waals surface area contributed by atoms with Gasteiger partial charge in [-0.25, -0.2) is 4.57 Å². The second-order valence-corrected chi connectivity index (χ2v) is 14.9. The Hall–Kier alpha value is -2.14. The molecule has 1 fully saturated rings. The second-order valence-electron chi connectivity index (χ2n) is 13.7. The third kappa shape index (κ3) is 25.5. The van der Waals surface area contributed by atoms with Crippen LogP contribution in [0.4, 0.5) is 0 Å². The van der Waals surface area contributed by atoms with E-state index in [4.69, 9.17) is 19.3 Å². The highest BCUT2D eigenvalue weighted by atomic mass is 31.2. The van der Waals surface area contributed by atoms with Crippen molar-refractivity contribution in [2.24, 2.45) is 11.8 Å². The summed E-state index contributed by atoms with van der Waals surface area (Å²) >= 11 is 0. The summed E-state index contributed by atoms with van der Waals surface area (Å²) in [5.74, 6) is -1.82. The van der Waals surface area contributed by atoms with Crippen molar-refractivity contribution in [3.8, 4) is 0 Å². The Morgan fingerprint density at radius 1 is 0.804 bits per heavy atom. The number of esters is 2. The molecule has 294 valence electrons. The van der Waals surface area contributed by atoms with Gasteiger partial charge in [-0.05, 0) is 57.8 Å². The van der Waals surface area contributed by atoms with E-state index in [-0.39, 0.29) is 43.5 Å². The van der Waals surface area contributed by atoms with Crippen molar-refractivity contribution >= 4 is 25.5 Å². The topological polar surface area (TPSA) is 177 Å². The normalized spacial score (nSPS) is 19.4. The van der Waals surface area contributed by atoms with E-state index in [9.17, 15) is 29.2 Å². The highest BCUT2D eigenvalue weighted by Gasteiger charge is 2.39.